The number of rotatable bonds is 9. The number of hydrogen-bond donors (Lipinski definition) is 1. The minimum absolute atomic E-state index is 0.144. The zero-order chi connectivity index (χ0) is 16.8. The Kier molecular flexibility index (Phi) is 7.57. The van der Waals surface area contributed by atoms with E-state index in [1.54, 1.807) is 0 Å². The molecule has 1 rings (SSSR count). The van der Waals surface area contributed by atoms with Crippen LogP contribution in [0.25, 0.3) is 0 Å². The summed E-state index contributed by atoms with van der Waals surface area (Å²) in [4.78, 5) is 0. The van der Waals surface area contributed by atoms with Gasteiger partial charge in [-0.2, -0.15) is 8.42 Å². The monoisotopic (exact) mass is 326 g/mol. The van der Waals surface area contributed by atoms with Crippen molar-refractivity contribution in [2.24, 2.45) is 11.8 Å². The van der Waals surface area contributed by atoms with Crippen LogP contribution in [0, 0.1) is 11.8 Å². The second-order valence-electron chi connectivity index (χ2n) is 6.96. The third-order valence-corrected chi connectivity index (χ3v) is 4.86. The molecule has 0 heterocycles. The first-order valence-corrected chi connectivity index (χ1v) is 9.84. The van der Waals surface area contributed by atoms with Gasteiger partial charge in [-0.1, -0.05) is 52.0 Å². The average molecular weight is 327 g/mol. The van der Waals surface area contributed by atoms with Gasteiger partial charge in [-0.25, -0.2) is 0 Å². The Balaban J connectivity index is 2.58. The summed E-state index contributed by atoms with van der Waals surface area (Å²) >= 11 is 0. The molecule has 1 aromatic carbocycles. The van der Waals surface area contributed by atoms with Crippen LogP contribution in [0.2, 0.25) is 0 Å². The molecule has 0 aromatic heterocycles. The van der Waals surface area contributed by atoms with Crippen LogP contribution in [-0.2, 0) is 16.5 Å². The van der Waals surface area contributed by atoms with Gasteiger partial charge in [-0.15, -0.1) is 0 Å². The molecule has 0 spiro atoms. The summed E-state index contributed by atoms with van der Waals surface area (Å²) < 4.78 is 30.0. The van der Waals surface area contributed by atoms with Gasteiger partial charge in [0.2, 0.25) is 0 Å². The van der Waals surface area contributed by atoms with Crippen LogP contribution in [0.3, 0.4) is 0 Å². The average Bonchev–Trinajstić information content (AvgIpc) is 2.40. The molecule has 4 heteroatoms. The predicted molar refractivity (Wildman–Crippen MR) is 92.8 cm³/mol. The molecular formula is C18H30O3S. The van der Waals surface area contributed by atoms with Crippen molar-refractivity contribution in [3.05, 3.63) is 35.4 Å². The summed E-state index contributed by atoms with van der Waals surface area (Å²) in [5.41, 5.74) is 2.62. The molecule has 0 bridgehead atoms. The number of hydrogen-bond acceptors (Lipinski definition) is 2. The number of benzene rings is 1. The molecule has 0 aliphatic heterocycles. The van der Waals surface area contributed by atoms with Gasteiger partial charge in [0.15, 0.2) is 0 Å². The normalized spacial score (nSPS) is 13.8. The van der Waals surface area contributed by atoms with E-state index in [-0.39, 0.29) is 5.75 Å². The molecule has 0 aliphatic rings. The molecule has 0 fully saturated rings. The summed E-state index contributed by atoms with van der Waals surface area (Å²) in [5.74, 6) is 1.76. The predicted octanol–water partition coefficient (Wildman–Crippen LogP) is 4.68. The lowest BCUT2D eigenvalue weighted by atomic mass is 9.82. The van der Waals surface area contributed by atoms with Crippen LogP contribution in [0.4, 0.5) is 0 Å². The first kappa shape index (κ1) is 19.2. The minimum Gasteiger partial charge on any atom is -0.286 e. The van der Waals surface area contributed by atoms with E-state index in [9.17, 15) is 8.42 Å². The molecule has 1 aromatic rings. The maximum Gasteiger partial charge on any atom is 0.264 e. The molecule has 0 aliphatic carbocycles. The lowest BCUT2D eigenvalue weighted by molar-refractivity contribution is 0.408. The fourth-order valence-corrected chi connectivity index (χ4v) is 3.42. The highest BCUT2D eigenvalue weighted by Crippen LogP contribution is 2.31. The van der Waals surface area contributed by atoms with Crippen LogP contribution in [0.5, 0.6) is 0 Å². The Hall–Kier alpha value is -0.870. The van der Waals surface area contributed by atoms with Crippen molar-refractivity contribution in [2.75, 3.05) is 5.75 Å². The van der Waals surface area contributed by atoms with Gasteiger partial charge in [0, 0.05) is 0 Å². The van der Waals surface area contributed by atoms with Gasteiger partial charge >= 0.3 is 0 Å². The Morgan fingerprint density at radius 2 is 1.59 bits per heavy atom. The quantitative estimate of drug-likeness (QED) is 0.529. The topological polar surface area (TPSA) is 54.4 Å². The smallest absolute Gasteiger partial charge is 0.264 e. The molecular weight excluding hydrogens is 296 g/mol. The van der Waals surface area contributed by atoms with Crippen molar-refractivity contribution < 1.29 is 13.0 Å². The van der Waals surface area contributed by atoms with Crippen molar-refractivity contribution in [3.63, 3.8) is 0 Å². The van der Waals surface area contributed by atoms with Gasteiger partial charge in [-0.3, -0.25) is 4.55 Å². The van der Waals surface area contributed by atoms with Gasteiger partial charge in [-0.05, 0) is 54.6 Å². The fourth-order valence-electron chi connectivity index (χ4n) is 2.85. The molecule has 22 heavy (non-hydrogen) atoms. The van der Waals surface area contributed by atoms with Gasteiger partial charge < -0.3 is 0 Å². The van der Waals surface area contributed by atoms with Gasteiger partial charge in [0.1, 0.15) is 0 Å². The largest absolute Gasteiger partial charge is 0.286 e. The molecule has 0 amide bonds. The van der Waals surface area contributed by atoms with E-state index < -0.39 is 10.1 Å². The van der Waals surface area contributed by atoms with E-state index in [0.717, 1.165) is 12.8 Å². The van der Waals surface area contributed by atoms with Crippen LogP contribution in [0.15, 0.2) is 24.3 Å². The van der Waals surface area contributed by atoms with Gasteiger partial charge in [0.25, 0.3) is 10.1 Å². The molecule has 0 saturated carbocycles. The van der Waals surface area contributed by atoms with Gasteiger partial charge in [0.05, 0.1) is 5.75 Å². The van der Waals surface area contributed by atoms with E-state index >= 15 is 0 Å². The third kappa shape index (κ3) is 7.41. The Labute approximate surface area is 135 Å². The molecule has 0 radical (unpaired) electrons. The summed E-state index contributed by atoms with van der Waals surface area (Å²) in [6.07, 6.45) is 3.33. The highest BCUT2D eigenvalue weighted by Gasteiger charge is 2.17. The van der Waals surface area contributed by atoms with Crippen molar-refractivity contribution in [1.82, 2.24) is 0 Å². The zero-order valence-corrected chi connectivity index (χ0v) is 15.1. The van der Waals surface area contributed by atoms with Crippen molar-refractivity contribution in [3.8, 4) is 0 Å². The zero-order valence-electron chi connectivity index (χ0n) is 14.2. The second kappa shape index (κ2) is 8.68. The maximum absolute atomic E-state index is 10.7. The Morgan fingerprint density at radius 1 is 1.00 bits per heavy atom. The molecule has 1 atom stereocenters. The van der Waals surface area contributed by atoms with Crippen LogP contribution < -0.4 is 0 Å². The fraction of sp³-hybridized carbons (Fsp3) is 0.667. The SMILES string of the molecule is CC(C)CC(c1ccc(CCCCS(=O)(=O)O)cc1)C(C)C. The highest BCUT2D eigenvalue weighted by molar-refractivity contribution is 7.85. The number of aryl methyl sites for hydroxylation is 1. The maximum atomic E-state index is 10.7. The second-order valence-corrected chi connectivity index (χ2v) is 8.54. The summed E-state index contributed by atoms with van der Waals surface area (Å²) in [6, 6.07) is 8.73. The van der Waals surface area contributed by atoms with E-state index in [2.05, 4.69) is 52.0 Å². The molecule has 1 N–H and O–H groups in total. The summed E-state index contributed by atoms with van der Waals surface area (Å²) in [6.45, 7) is 9.07. The van der Waals surface area contributed by atoms with Crippen LogP contribution in [-0.4, -0.2) is 18.7 Å². The lowest BCUT2D eigenvalue weighted by Gasteiger charge is -2.23. The van der Waals surface area contributed by atoms with Crippen LogP contribution in [0.1, 0.15) is 64.0 Å². The van der Waals surface area contributed by atoms with E-state index in [0.29, 0.717) is 24.2 Å². The minimum atomic E-state index is -3.82. The van der Waals surface area contributed by atoms with E-state index in [1.807, 2.05) is 0 Å². The Bertz CT molecular complexity index is 530. The number of unbranched alkanes of at least 4 members (excludes halogenated alkanes) is 1. The summed E-state index contributed by atoms with van der Waals surface area (Å²) in [5, 5.41) is 0. The standard InChI is InChI=1S/C18H30O3S/c1-14(2)13-18(15(3)4)17-10-8-16(9-11-17)7-5-6-12-22(19,20)21/h8-11,14-15,18H,5-7,12-13H2,1-4H3,(H,19,20,21). The molecule has 126 valence electrons. The van der Waals surface area contributed by atoms with Crippen LogP contribution >= 0.6 is 0 Å². The molecule has 1 unspecified atom stereocenters. The Morgan fingerprint density at radius 3 is 2.05 bits per heavy atom. The van der Waals surface area contributed by atoms with Crippen molar-refractivity contribution in [1.29, 1.82) is 0 Å². The van der Waals surface area contributed by atoms with Crippen molar-refractivity contribution in [2.45, 2.75) is 59.3 Å². The first-order chi connectivity index (χ1) is 10.2. The highest BCUT2D eigenvalue weighted by atomic mass is 32.2. The first-order valence-electron chi connectivity index (χ1n) is 8.23. The molecule has 3 nitrogen and oxygen atoms in total. The van der Waals surface area contributed by atoms with E-state index in [4.69, 9.17) is 4.55 Å². The lowest BCUT2D eigenvalue weighted by Crippen LogP contribution is -2.10. The molecule has 0 saturated heterocycles. The van der Waals surface area contributed by atoms with Crippen molar-refractivity contribution >= 4 is 10.1 Å². The summed E-state index contributed by atoms with van der Waals surface area (Å²) in [7, 11) is -3.82. The third-order valence-electron chi connectivity index (χ3n) is 4.06. The van der Waals surface area contributed by atoms with E-state index in [1.165, 1.54) is 17.5 Å².